The number of halogens is 1. The van der Waals surface area contributed by atoms with Crippen LogP contribution < -0.4 is 0 Å². The molecule has 0 amide bonds. The molecule has 0 aromatic rings. The summed E-state index contributed by atoms with van der Waals surface area (Å²) in [5, 5.41) is 0. The lowest BCUT2D eigenvalue weighted by Gasteiger charge is -1.97. The van der Waals surface area contributed by atoms with Gasteiger partial charge in [0, 0.05) is 4.83 Å². The molecule has 0 spiro atoms. The van der Waals surface area contributed by atoms with Gasteiger partial charge in [-0.25, -0.2) is 0 Å². The van der Waals surface area contributed by atoms with Crippen molar-refractivity contribution >= 4 is 21.9 Å². The molecule has 1 aliphatic carbocycles. The number of rotatable bonds is 3. The molecule has 3 heteroatoms. The van der Waals surface area contributed by atoms with E-state index in [4.69, 9.17) is 4.74 Å². The lowest BCUT2D eigenvalue weighted by Crippen LogP contribution is -2.08. The first-order valence-electron chi connectivity index (χ1n) is 4.03. The fourth-order valence-electron chi connectivity index (χ4n) is 1.35. The van der Waals surface area contributed by atoms with Gasteiger partial charge in [-0.15, -0.1) is 0 Å². The zero-order valence-corrected chi connectivity index (χ0v) is 8.43. The topological polar surface area (TPSA) is 26.3 Å². The second-order valence-electron chi connectivity index (χ2n) is 2.79. The molecule has 0 aromatic carbocycles. The third-order valence-electron chi connectivity index (χ3n) is 2.10. The van der Waals surface area contributed by atoms with E-state index >= 15 is 0 Å². The van der Waals surface area contributed by atoms with E-state index in [1.54, 1.807) is 0 Å². The molecule has 3 unspecified atom stereocenters. The van der Waals surface area contributed by atoms with E-state index in [2.05, 4.69) is 22.9 Å². The van der Waals surface area contributed by atoms with E-state index < -0.39 is 0 Å². The molecular weight excluding hydrogens is 208 g/mol. The summed E-state index contributed by atoms with van der Waals surface area (Å²) in [6, 6.07) is 0. The van der Waals surface area contributed by atoms with E-state index in [9.17, 15) is 4.79 Å². The van der Waals surface area contributed by atoms with Gasteiger partial charge in [0.25, 0.3) is 0 Å². The molecule has 0 aromatic heterocycles. The van der Waals surface area contributed by atoms with Gasteiger partial charge in [0.2, 0.25) is 0 Å². The number of esters is 1. The summed E-state index contributed by atoms with van der Waals surface area (Å²) < 4.78 is 4.90. The SMILES string of the molecule is CCOC(=O)C1C(Br)C1CC. The Labute approximate surface area is 75.4 Å². The summed E-state index contributed by atoms with van der Waals surface area (Å²) in [6.45, 7) is 4.42. The third kappa shape index (κ3) is 1.75. The maximum atomic E-state index is 11.1. The smallest absolute Gasteiger partial charge is 0.310 e. The minimum Gasteiger partial charge on any atom is -0.466 e. The predicted molar refractivity (Wildman–Crippen MR) is 46.6 cm³/mol. The van der Waals surface area contributed by atoms with Crippen molar-refractivity contribution in [3.05, 3.63) is 0 Å². The monoisotopic (exact) mass is 220 g/mol. The third-order valence-corrected chi connectivity index (χ3v) is 3.35. The van der Waals surface area contributed by atoms with Gasteiger partial charge >= 0.3 is 5.97 Å². The predicted octanol–water partition coefficient (Wildman–Crippen LogP) is 1.97. The number of ether oxygens (including phenoxy) is 1. The first kappa shape index (κ1) is 9.04. The number of carbonyl (C=O) groups excluding carboxylic acids is 1. The van der Waals surface area contributed by atoms with Crippen LogP contribution in [0.5, 0.6) is 0 Å². The summed E-state index contributed by atoms with van der Waals surface area (Å²) >= 11 is 3.44. The Kier molecular flexibility index (Phi) is 2.93. The van der Waals surface area contributed by atoms with Gasteiger partial charge in [0.1, 0.15) is 0 Å². The number of carbonyl (C=O) groups is 1. The van der Waals surface area contributed by atoms with Crippen LogP contribution in [0.25, 0.3) is 0 Å². The molecule has 11 heavy (non-hydrogen) atoms. The van der Waals surface area contributed by atoms with Crippen molar-refractivity contribution in [3.8, 4) is 0 Å². The van der Waals surface area contributed by atoms with Crippen LogP contribution in [0.2, 0.25) is 0 Å². The number of alkyl halides is 1. The molecule has 1 fully saturated rings. The van der Waals surface area contributed by atoms with Crippen LogP contribution in [-0.2, 0) is 9.53 Å². The molecule has 1 rings (SSSR count). The largest absolute Gasteiger partial charge is 0.466 e. The van der Waals surface area contributed by atoms with Gasteiger partial charge in [-0.2, -0.15) is 0 Å². The average Bonchev–Trinajstić information content (AvgIpc) is 2.61. The van der Waals surface area contributed by atoms with E-state index in [1.807, 2.05) is 6.92 Å². The molecule has 0 bridgehead atoms. The molecule has 64 valence electrons. The van der Waals surface area contributed by atoms with Crippen molar-refractivity contribution in [1.82, 2.24) is 0 Å². The molecule has 2 nitrogen and oxygen atoms in total. The fourth-order valence-corrected chi connectivity index (χ4v) is 2.49. The van der Waals surface area contributed by atoms with Gasteiger partial charge in [0.15, 0.2) is 0 Å². The number of hydrogen-bond acceptors (Lipinski definition) is 2. The van der Waals surface area contributed by atoms with Crippen LogP contribution in [0, 0.1) is 11.8 Å². The van der Waals surface area contributed by atoms with Crippen LogP contribution in [0.1, 0.15) is 20.3 Å². The highest BCUT2D eigenvalue weighted by Crippen LogP contribution is 2.48. The molecule has 0 N–H and O–H groups in total. The van der Waals surface area contributed by atoms with Crippen molar-refractivity contribution in [2.75, 3.05) is 6.61 Å². The fraction of sp³-hybridized carbons (Fsp3) is 0.875. The maximum Gasteiger partial charge on any atom is 0.310 e. The van der Waals surface area contributed by atoms with Gasteiger partial charge < -0.3 is 4.74 Å². The summed E-state index contributed by atoms with van der Waals surface area (Å²) in [5.41, 5.74) is 0. The van der Waals surface area contributed by atoms with E-state index in [0.717, 1.165) is 6.42 Å². The number of hydrogen-bond donors (Lipinski definition) is 0. The quantitative estimate of drug-likeness (QED) is 0.538. The van der Waals surface area contributed by atoms with E-state index in [0.29, 0.717) is 17.4 Å². The standard InChI is InChI=1S/C8H13BrO2/c1-3-5-6(7(5)9)8(10)11-4-2/h5-7H,3-4H2,1-2H3. The van der Waals surface area contributed by atoms with Crippen molar-refractivity contribution in [1.29, 1.82) is 0 Å². The molecule has 0 aliphatic heterocycles. The second-order valence-corrected chi connectivity index (χ2v) is 3.85. The Bertz CT molecular complexity index is 158. The van der Waals surface area contributed by atoms with E-state index in [1.165, 1.54) is 0 Å². The molecule has 1 saturated carbocycles. The summed E-state index contributed by atoms with van der Waals surface area (Å²) in [5.74, 6) is 0.593. The normalized spacial score (nSPS) is 35.0. The van der Waals surface area contributed by atoms with Gasteiger partial charge in [-0.3, -0.25) is 4.79 Å². The minimum atomic E-state index is -0.0405. The van der Waals surface area contributed by atoms with Crippen LogP contribution in [0.4, 0.5) is 0 Å². The highest BCUT2D eigenvalue weighted by Gasteiger charge is 2.52. The Morgan fingerprint density at radius 3 is 2.55 bits per heavy atom. The Morgan fingerprint density at radius 2 is 2.18 bits per heavy atom. The van der Waals surface area contributed by atoms with Crippen LogP contribution in [0.15, 0.2) is 0 Å². The Hall–Kier alpha value is -0.0500. The van der Waals surface area contributed by atoms with Crippen LogP contribution in [0.3, 0.4) is 0 Å². The second kappa shape index (κ2) is 3.57. The zero-order valence-electron chi connectivity index (χ0n) is 6.84. The summed E-state index contributed by atoms with van der Waals surface area (Å²) in [7, 11) is 0. The van der Waals surface area contributed by atoms with Crippen molar-refractivity contribution in [3.63, 3.8) is 0 Å². The van der Waals surface area contributed by atoms with Crippen molar-refractivity contribution in [2.24, 2.45) is 11.8 Å². The van der Waals surface area contributed by atoms with Crippen LogP contribution >= 0.6 is 15.9 Å². The Morgan fingerprint density at radius 1 is 1.55 bits per heavy atom. The lowest BCUT2D eigenvalue weighted by molar-refractivity contribution is -0.144. The van der Waals surface area contributed by atoms with Gasteiger partial charge in [0.05, 0.1) is 12.5 Å². The van der Waals surface area contributed by atoms with Gasteiger partial charge in [-0.1, -0.05) is 29.3 Å². The molecule has 0 saturated heterocycles. The highest BCUT2D eigenvalue weighted by atomic mass is 79.9. The zero-order chi connectivity index (χ0) is 8.43. The molecular formula is C8H13BrO2. The van der Waals surface area contributed by atoms with Crippen LogP contribution in [-0.4, -0.2) is 17.4 Å². The highest BCUT2D eigenvalue weighted by molar-refractivity contribution is 9.09. The molecule has 3 atom stereocenters. The molecule has 0 radical (unpaired) electrons. The Balaban J connectivity index is 2.34. The summed E-state index contributed by atoms with van der Waals surface area (Å²) in [4.78, 5) is 11.5. The summed E-state index contributed by atoms with van der Waals surface area (Å²) in [6.07, 6.45) is 1.05. The first-order chi connectivity index (χ1) is 5.22. The van der Waals surface area contributed by atoms with Crippen molar-refractivity contribution < 1.29 is 9.53 Å². The first-order valence-corrected chi connectivity index (χ1v) is 4.94. The van der Waals surface area contributed by atoms with Crippen molar-refractivity contribution in [2.45, 2.75) is 25.1 Å². The lowest BCUT2D eigenvalue weighted by atomic mass is 10.2. The maximum absolute atomic E-state index is 11.1. The molecule has 0 heterocycles. The average molecular weight is 221 g/mol. The minimum absolute atomic E-state index is 0.0405. The molecule has 1 aliphatic rings. The van der Waals surface area contributed by atoms with E-state index in [-0.39, 0.29) is 11.9 Å². The van der Waals surface area contributed by atoms with Gasteiger partial charge in [-0.05, 0) is 12.8 Å².